The highest BCUT2D eigenvalue weighted by atomic mass is 35.5. The lowest BCUT2D eigenvalue weighted by molar-refractivity contribution is -0.131. The van der Waals surface area contributed by atoms with Crippen LogP contribution in [0.25, 0.3) is 0 Å². The Bertz CT molecular complexity index is 644. The van der Waals surface area contributed by atoms with E-state index in [0.29, 0.717) is 30.1 Å². The second-order valence-corrected chi connectivity index (χ2v) is 5.47. The molecule has 3 rings (SSSR count). The number of amides is 1. The molecule has 2 aromatic rings. The molecule has 1 aliphatic rings. The van der Waals surface area contributed by atoms with Crippen molar-refractivity contribution in [2.45, 2.75) is 25.9 Å². The Morgan fingerprint density at radius 3 is 2.90 bits per heavy atom. The Morgan fingerprint density at radius 2 is 2.14 bits per heavy atom. The van der Waals surface area contributed by atoms with Crippen LogP contribution in [-0.4, -0.2) is 15.8 Å². The Kier molecular flexibility index (Phi) is 3.88. The van der Waals surface area contributed by atoms with Crippen molar-refractivity contribution < 1.29 is 9.18 Å². The molecule has 5 heteroatoms. The van der Waals surface area contributed by atoms with Gasteiger partial charge in [0.1, 0.15) is 5.82 Å². The average molecular weight is 305 g/mol. The monoisotopic (exact) mass is 304 g/mol. The molecule has 2 heterocycles. The minimum atomic E-state index is -0.360. The van der Waals surface area contributed by atoms with E-state index in [2.05, 4.69) is 4.98 Å². The lowest BCUT2D eigenvalue weighted by atomic mass is 10.1. The fraction of sp³-hybridized carbons (Fsp3) is 0.250. The van der Waals surface area contributed by atoms with Crippen molar-refractivity contribution in [3.8, 4) is 0 Å². The summed E-state index contributed by atoms with van der Waals surface area (Å²) in [5.74, 6) is -0.367. The van der Waals surface area contributed by atoms with E-state index in [1.165, 1.54) is 6.07 Å². The van der Waals surface area contributed by atoms with Crippen LogP contribution in [0, 0.1) is 5.82 Å². The number of rotatable bonds is 3. The molecule has 21 heavy (non-hydrogen) atoms. The molecule has 1 aliphatic heterocycles. The Labute approximate surface area is 127 Å². The predicted octanol–water partition coefficient (Wildman–Crippen LogP) is 3.35. The molecule has 0 atom stereocenters. The van der Waals surface area contributed by atoms with Gasteiger partial charge >= 0.3 is 0 Å². The minimum Gasteiger partial charge on any atom is -0.332 e. The second kappa shape index (κ2) is 5.82. The summed E-state index contributed by atoms with van der Waals surface area (Å²) in [7, 11) is 0. The zero-order valence-corrected chi connectivity index (χ0v) is 12.1. The molecule has 0 saturated heterocycles. The van der Waals surface area contributed by atoms with Gasteiger partial charge in [-0.25, -0.2) is 4.39 Å². The third-order valence-corrected chi connectivity index (χ3v) is 4.04. The van der Waals surface area contributed by atoms with E-state index in [9.17, 15) is 9.18 Å². The van der Waals surface area contributed by atoms with Crippen LogP contribution in [0.5, 0.6) is 0 Å². The van der Waals surface area contributed by atoms with E-state index in [4.69, 9.17) is 11.6 Å². The fourth-order valence-electron chi connectivity index (χ4n) is 2.54. The molecule has 0 fully saturated rings. The van der Waals surface area contributed by atoms with Gasteiger partial charge in [0.2, 0.25) is 5.91 Å². The van der Waals surface area contributed by atoms with E-state index in [0.717, 1.165) is 11.3 Å². The summed E-state index contributed by atoms with van der Waals surface area (Å²) in [5, 5.41) is 0.370. The quantitative estimate of drug-likeness (QED) is 0.871. The number of halogens is 2. The number of benzene rings is 1. The van der Waals surface area contributed by atoms with Gasteiger partial charge in [0.05, 0.1) is 12.2 Å². The zero-order chi connectivity index (χ0) is 14.8. The minimum absolute atomic E-state index is 0.00711. The predicted molar refractivity (Wildman–Crippen MR) is 78.2 cm³/mol. The van der Waals surface area contributed by atoms with E-state index in [1.54, 1.807) is 23.2 Å². The Morgan fingerprint density at radius 1 is 1.29 bits per heavy atom. The Balaban J connectivity index is 1.64. The molecule has 1 aromatic heterocycles. The van der Waals surface area contributed by atoms with Gasteiger partial charge in [-0.15, -0.1) is 0 Å². The highest BCUT2D eigenvalue weighted by molar-refractivity contribution is 6.31. The Hall–Kier alpha value is -1.94. The molecule has 0 aliphatic carbocycles. The van der Waals surface area contributed by atoms with Crippen LogP contribution in [0.3, 0.4) is 0 Å². The first kappa shape index (κ1) is 14.0. The van der Waals surface area contributed by atoms with Crippen LogP contribution in [0.15, 0.2) is 36.5 Å². The third kappa shape index (κ3) is 2.90. The van der Waals surface area contributed by atoms with E-state index in [1.807, 2.05) is 12.1 Å². The van der Waals surface area contributed by atoms with Gasteiger partial charge in [0.15, 0.2) is 0 Å². The summed E-state index contributed by atoms with van der Waals surface area (Å²) in [4.78, 5) is 18.2. The fourth-order valence-corrected chi connectivity index (χ4v) is 2.80. The van der Waals surface area contributed by atoms with Gasteiger partial charge in [-0.2, -0.15) is 0 Å². The SMILES string of the molecule is O=C(CCc1c(F)cccc1Cl)N1Cc2cccnc2C1. The number of carbonyl (C=O) groups is 1. The van der Waals surface area contributed by atoms with Crippen LogP contribution in [0.4, 0.5) is 4.39 Å². The maximum absolute atomic E-state index is 13.7. The van der Waals surface area contributed by atoms with Crippen molar-refractivity contribution in [2.24, 2.45) is 0 Å². The lowest BCUT2D eigenvalue weighted by Crippen LogP contribution is -2.25. The highest BCUT2D eigenvalue weighted by Crippen LogP contribution is 2.23. The molecule has 0 bridgehead atoms. The van der Waals surface area contributed by atoms with Crippen molar-refractivity contribution >= 4 is 17.5 Å². The first-order valence-electron chi connectivity index (χ1n) is 6.78. The van der Waals surface area contributed by atoms with Gasteiger partial charge in [-0.1, -0.05) is 23.7 Å². The number of pyridine rings is 1. The molecule has 108 valence electrons. The molecular formula is C16H14ClFN2O. The number of aromatic nitrogens is 1. The summed E-state index contributed by atoms with van der Waals surface area (Å²) >= 11 is 5.97. The largest absolute Gasteiger partial charge is 0.332 e. The standard InChI is InChI=1S/C16H14ClFN2O/c17-13-4-1-5-14(18)12(13)6-7-16(21)20-9-11-3-2-8-19-15(11)10-20/h1-5,8H,6-7,9-10H2. The van der Waals surface area contributed by atoms with Crippen molar-refractivity contribution in [3.63, 3.8) is 0 Å². The molecule has 0 saturated carbocycles. The molecule has 0 unspecified atom stereocenters. The highest BCUT2D eigenvalue weighted by Gasteiger charge is 2.24. The van der Waals surface area contributed by atoms with Crippen molar-refractivity contribution in [1.29, 1.82) is 0 Å². The zero-order valence-electron chi connectivity index (χ0n) is 11.4. The number of hydrogen-bond donors (Lipinski definition) is 0. The van der Waals surface area contributed by atoms with Crippen molar-refractivity contribution in [1.82, 2.24) is 9.88 Å². The number of carbonyl (C=O) groups excluding carboxylic acids is 1. The van der Waals surface area contributed by atoms with Crippen molar-refractivity contribution in [2.75, 3.05) is 0 Å². The normalized spacial score (nSPS) is 13.3. The van der Waals surface area contributed by atoms with Gasteiger partial charge < -0.3 is 4.90 Å². The van der Waals surface area contributed by atoms with E-state index in [-0.39, 0.29) is 18.1 Å². The van der Waals surface area contributed by atoms with Crippen LogP contribution in [0.1, 0.15) is 23.2 Å². The maximum Gasteiger partial charge on any atom is 0.223 e. The second-order valence-electron chi connectivity index (χ2n) is 5.06. The number of nitrogens with zero attached hydrogens (tertiary/aromatic N) is 2. The summed E-state index contributed by atoms with van der Waals surface area (Å²) in [6, 6.07) is 8.41. The maximum atomic E-state index is 13.7. The number of hydrogen-bond acceptors (Lipinski definition) is 2. The summed E-state index contributed by atoms with van der Waals surface area (Å²) in [6.07, 6.45) is 2.28. The smallest absolute Gasteiger partial charge is 0.223 e. The third-order valence-electron chi connectivity index (χ3n) is 3.69. The molecule has 1 amide bonds. The van der Waals surface area contributed by atoms with Gasteiger partial charge in [0.25, 0.3) is 0 Å². The first-order chi connectivity index (χ1) is 10.1. The molecule has 0 radical (unpaired) electrons. The van der Waals surface area contributed by atoms with Crippen LogP contribution in [0.2, 0.25) is 5.02 Å². The molecule has 0 spiro atoms. The topological polar surface area (TPSA) is 33.2 Å². The van der Waals surface area contributed by atoms with Crippen LogP contribution in [-0.2, 0) is 24.3 Å². The van der Waals surface area contributed by atoms with E-state index < -0.39 is 0 Å². The first-order valence-corrected chi connectivity index (χ1v) is 7.16. The average Bonchev–Trinajstić information content (AvgIpc) is 2.90. The van der Waals surface area contributed by atoms with Crippen LogP contribution < -0.4 is 0 Å². The molecular weight excluding hydrogens is 291 g/mol. The summed E-state index contributed by atoms with van der Waals surface area (Å²) in [5.41, 5.74) is 2.42. The molecule has 0 N–H and O–H groups in total. The van der Waals surface area contributed by atoms with Gasteiger partial charge in [0, 0.05) is 29.7 Å². The van der Waals surface area contributed by atoms with E-state index >= 15 is 0 Å². The summed E-state index contributed by atoms with van der Waals surface area (Å²) < 4.78 is 13.7. The van der Waals surface area contributed by atoms with Crippen LogP contribution >= 0.6 is 11.6 Å². The van der Waals surface area contributed by atoms with Gasteiger partial charge in [-0.3, -0.25) is 9.78 Å². The summed E-state index contributed by atoms with van der Waals surface area (Å²) in [6.45, 7) is 1.10. The molecule has 3 nitrogen and oxygen atoms in total. The lowest BCUT2D eigenvalue weighted by Gasteiger charge is -2.15. The van der Waals surface area contributed by atoms with Crippen molar-refractivity contribution in [3.05, 3.63) is 64.2 Å². The van der Waals surface area contributed by atoms with Gasteiger partial charge in [-0.05, 0) is 30.2 Å². The number of fused-ring (bicyclic) bond motifs is 1. The molecule has 1 aromatic carbocycles.